The molecule has 0 spiro atoms. The molecule has 0 unspecified atom stereocenters. The van der Waals surface area contributed by atoms with Gasteiger partial charge in [0.1, 0.15) is 41.3 Å². The van der Waals surface area contributed by atoms with Crippen LogP contribution in [0.4, 0.5) is 15.3 Å². The number of methoxy groups -OCH3 is 2. The molecule has 27 nitrogen and oxygen atoms in total. The lowest BCUT2D eigenvalue weighted by Gasteiger charge is -2.41. The molecule has 1 aliphatic heterocycles. The van der Waals surface area contributed by atoms with Crippen LogP contribution in [0.15, 0.2) is 101 Å². The maximum absolute atomic E-state index is 14.8. The summed E-state index contributed by atoms with van der Waals surface area (Å²) in [6.07, 6.45) is 2.93. The van der Waals surface area contributed by atoms with Crippen LogP contribution >= 0.6 is 11.3 Å². The molecule has 4 aromatic rings. The Balaban J connectivity index is 1.19. The van der Waals surface area contributed by atoms with E-state index < -0.39 is 123 Å². The van der Waals surface area contributed by atoms with Gasteiger partial charge in [0.15, 0.2) is 0 Å². The predicted molar refractivity (Wildman–Crippen MR) is 377 cm³/mol. The zero-order valence-electron chi connectivity index (χ0n) is 59.2. The van der Waals surface area contributed by atoms with Gasteiger partial charge in [-0.3, -0.25) is 33.6 Å². The Hall–Kier alpha value is -8.09. The van der Waals surface area contributed by atoms with Crippen molar-refractivity contribution in [1.29, 1.82) is 0 Å². The number of hydrogen-bond acceptors (Lipinski definition) is 17. The number of carbonyl (C=O) groups excluding carboxylic acids is 9. The smallest absolute Gasteiger partial charge is 0.408 e. The molecule has 1 saturated heterocycles. The second-order valence-electron chi connectivity index (χ2n) is 26.4. The van der Waals surface area contributed by atoms with Crippen molar-refractivity contribution in [3.05, 3.63) is 113 Å². The number of carbonyl (C=O) groups is 9. The number of likely N-dealkylation sites (tertiary alicyclic amines) is 1. The third-order valence-electron chi connectivity index (χ3n) is 17.9. The first-order valence-electron chi connectivity index (χ1n) is 33.9. The Kier molecular flexibility index (Phi) is 32.7. The van der Waals surface area contributed by atoms with Gasteiger partial charge in [0, 0.05) is 51.6 Å². The molecule has 1 aliphatic rings. The van der Waals surface area contributed by atoms with Gasteiger partial charge in [-0.15, -0.1) is 11.3 Å². The monoisotopic (exact) mass is 1420 g/mol. The SMILES string of the molecule is CC[C@H](C)[C@@H]([C@@H](CC(=O)N1CCC[C@H]1[C@H](OC)[C@@H](C)C(=O)N[C@@H](Cc1ccccc1)c1nccs1)OC)N(C)C(=O)[C@@H](NC(=O)C(C)(C)NC(=O)OCc1ccc(NC(=O)[C@H](CCCNC(N)=O)NC(=O)[C@@H](NC(=O)[C@H](CCCCN)NS(=O)(=O)c2ccccc2)C(C)C)cc1)C(C)C. The molecule has 1 aromatic heterocycles. The van der Waals surface area contributed by atoms with E-state index in [1.807, 2.05) is 56.5 Å². The topological polar surface area (TPSA) is 383 Å². The van der Waals surface area contributed by atoms with Gasteiger partial charge in [-0.1, -0.05) is 122 Å². The van der Waals surface area contributed by atoms with E-state index in [4.69, 9.17) is 25.7 Å². The molecule has 1 fully saturated rings. The van der Waals surface area contributed by atoms with Crippen molar-refractivity contribution in [3.63, 3.8) is 0 Å². The Labute approximate surface area is 586 Å². The van der Waals surface area contributed by atoms with Crippen LogP contribution in [0.3, 0.4) is 0 Å². The molecule has 11 atom stereocenters. The zero-order chi connectivity index (χ0) is 73.1. The highest BCUT2D eigenvalue weighted by Gasteiger charge is 2.44. The Bertz CT molecular complexity index is 3370. The van der Waals surface area contributed by atoms with E-state index in [1.54, 1.807) is 83.3 Å². The molecule has 0 radical (unpaired) electrons. The minimum absolute atomic E-state index is 0.0161. The van der Waals surface area contributed by atoms with Crippen LogP contribution in [-0.4, -0.2) is 172 Å². The first-order valence-corrected chi connectivity index (χ1v) is 36.3. The van der Waals surface area contributed by atoms with Crippen LogP contribution in [0.25, 0.3) is 0 Å². The maximum Gasteiger partial charge on any atom is 0.408 e. The Morgan fingerprint density at radius 3 is 1.99 bits per heavy atom. The summed E-state index contributed by atoms with van der Waals surface area (Å²) in [6.45, 7) is 16.2. The van der Waals surface area contributed by atoms with Gasteiger partial charge in [0.05, 0.1) is 47.6 Å². The fraction of sp³-hybridized carbons (Fsp3) is 0.571. The van der Waals surface area contributed by atoms with Crippen LogP contribution in [0.2, 0.25) is 0 Å². The number of nitrogens with two attached hydrogens (primary N) is 2. The molecular weight excluding hydrogens is 1310 g/mol. The summed E-state index contributed by atoms with van der Waals surface area (Å²) in [5, 5.41) is 21.9. The van der Waals surface area contributed by atoms with Crippen LogP contribution in [0, 0.1) is 23.7 Å². The summed E-state index contributed by atoms with van der Waals surface area (Å²) in [5.74, 6) is -5.50. The van der Waals surface area contributed by atoms with E-state index in [9.17, 15) is 51.6 Å². The lowest BCUT2D eigenvalue weighted by molar-refractivity contribution is -0.148. The zero-order valence-corrected chi connectivity index (χ0v) is 60.8. The molecule has 546 valence electrons. The summed E-state index contributed by atoms with van der Waals surface area (Å²) in [7, 11) is 0.530. The average molecular weight is 1420 g/mol. The number of rotatable bonds is 40. The van der Waals surface area contributed by atoms with Gasteiger partial charge in [0.25, 0.3) is 0 Å². The van der Waals surface area contributed by atoms with Crippen molar-refractivity contribution >= 4 is 80.5 Å². The molecule has 0 saturated carbocycles. The number of anilines is 1. The van der Waals surface area contributed by atoms with Crippen LogP contribution in [0.1, 0.15) is 142 Å². The first-order chi connectivity index (χ1) is 47.0. The normalized spacial score (nSPS) is 16.3. The molecule has 10 amide bonds. The summed E-state index contributed by atoms with van der Waals surface area (Å²) >= 11 is 1.46. The number of unbranched alkanes of at least 4 members (excludes halogenated alkanes) is 1. The number of nitrogens with zero attached hydrogens (tertiary/aromatic N) is 3. The summed E-state index contributed by atoms with van der Waals surface area (Å²) < 4.78 is 46.8. The van der Waals surface area contributed by atoms with Crippen molar-refractivity contribution in [2.24, 2.45) is 35.1 Å². The number of sulfonamides is 1. The fourth-order valence-corrected chi connectivity index (χ4v) is 13.9. The minimum Gasteiger partial charge on any atom is -0.445 e. The van der Waals surface area contributed by atoms with Gasteiger partial charge in [-0.05, 0) is 118 Å². The summed E-state index contributed by atoms with van der Waals surface area (Å²) in [5.41, 5.74) is 11.2. The molecule has 0 bridgehead atoms. The first kappa shape index (κ1) is 81.6. The highest BCUT2D eigenvalue weighted by molar-refractivity contribution is 7.89. The fourth-order valence-electron chi connectivity index (χ4n) is 12.0. The number of urea groups is 1. The number of aromatic nitrogens is 1. The van der Waals surface area contributed by atoms with Gasteiger partial charge in [-0.2, -0.15) is 4.72 Å². The van der Waals surface area contributed by atoms with Gasteiger partial charge < -0.3 is 72.7 Å². The molecule has 12 N–H and O–H groups in total. The molecule has 29 heteroatoms. The van der Waals surface area contributed by atoms with E-state index in [0.29, 0.717) is 62.9 Å². The van der Waals surface area contributed by atoms with Crippen LogP contribution < -0.4 is 53.4 Å². The molecule has 99 heavy (non-hydrogen) atoms. The Morgan fingerprint density at radius 2 is 1.40 bits per heavy atom. The molecule has 5 rings (SSSR count). The molecular formula is C70H105N13O14S2. The average Bonchev–Trinajstić information content (AvgIpc) is 1.80. The minimum atomic E-state index is -4.15. The third-order valence-corrected chi connectivity index (χ3v) is 20.2. The third kappa shape index (κ3) is 24.6. The standard InChI is InChI=1S/C70H105N13O14S2/c1-13-45(6)59(55(95-11)41-56(84)83-38-23-30-54(83)60(96-12)46(7)61(85)77-53(65-73-37-39-98-65)40-47-24-16-14-17-25-47)82(10)66(89)58(44(4)5)79-67(90)70(8,9)80-69(92)97-42-48-31-33-49(34-32-48)75-62(86)51(29-22-36-74-68(72)91)76-64(88)57(43(2)3)78-63(87)52(28-20-21-35-71)81-99(93,94)50-26-18-15-19-27-50/h14-19,24-27,31-34,37,39,43-46,51-55,57-60,81H,13,20-23,28-30,35-36,38,40-42,71H2,1-12H3,(H,75,86)(H,76,88)(H,77,85)(H,78,87)(H,79,90)(H,80,92)(H3,72,74,91)/t45-,46+,51-,52-,53-,54-,55+,57-,58-,59-,60+/m0/s1. The van der Waals surface area contributed by atoms with E-state index in [2.05, 4.69) is 46.9 Å². The number of alkyl carbamates (subject to hydrolysis) is 1. The molecule has 2 heterocycles. The highest BCUT2D eigenvalue weighted by atomic mass is 32.2. The molecule has 3 aromatic carbocycles. The van der Waals surface area contributed by atoms with E-state index >= 15 is 0 Å². The number of hydrogen-bond donors (Lipinski definition) is 10. The Morgan fingerprint density at radius 1 is 0.758 bits per heavy atom. The van der Waals surface area contributed by atoms with E-state index in [-0.39, 0.29) is 67.5 Å². The maximum atomic E-state index is 14.8. The van der Waals surface area contributed by atoms with Gasteiger partial charge >= 0.3 is 12.1 Å². The second kappa shape index (κ2) is 39.6. The van der Waals surface area contributed by atoms with E-state index in [0.717, 1.165) is 10.6 Å². The van der Waals surface area contributed by atoms with Crippen molar-refractivity contribution in [1.82, 2.24) is 51.4 Å². The number of likely N-dealkylation sites (N-methyl/N-ethyl adjacent to an activating group) is 1. The van der Waals surface area contributed by atoms with Crippen LogP contribution in [-0.2, 0) is 70.8 Å². The van der Waals surface area contributed by atoms with Gasteiger partial charge in [0.2, 0.25) is 51.4 Å². The lowest BCUT2D eigenvalue weighted by atomic mass is 9.89. The van der Waals surface area contributed by atoms with Crippen molar-refractivity contribution < 1.29 is 65.8 Å². The predicted octanol–water partition coefficient (Wildman–Crippen LogP) is 5.80. The summed E-state index contributed by atoms with van der Waals surface area (Å²) in [6, 6.07) is 16.6. The number of nitrogens with one attached hydrogen (secondary N) is 8. The number of benzene rings is 3. The lowest BCUT2D eigenvalue weighted by Crippen LogP contribution is -2.62. The summed E-state index contributed by atoms with van der Waals surface area (Å²) in [4.78, 5) is 132. The quantitative estimate of drug-likeness (QED) is 0.0235. The van der Waals surface area contributed by atoms with Gasteiger partial charge in [-0.25, -0.2) is 23.0 Å². The van der Waals surface area contributed by atoms with E-state index in [1.165, 1.54) is 61.5 Å². The highest BCUT2D eigenvalue weighted by Crippen LogP contribution is 2.31. The van der Waals surface area contributed by atoms with Crippen molar-refractivity contribution in [3.8, 4) is 0 Å². The number of ether oxygens (including phenoxy) is 3. The van der Waals surface area contributed by atoms with Crippen molar-refractivity contribution in [2.75, 3.05) is 46.2 Å². The number of primary amides is 1. The number of thiazole rings is 1. The number of amides is 10. The second-order valence-corrected chi connectivity index (χ2v) is 29.1. The van der Waals surface area contributed by atoms with Crippen LogP contribution in [0.5, 0.6) is 0 Å². The largest absolute Gasteiger partial charge is 0.445 e. The molecule has 0 aliphatic carbocycles. The van der Waals surface area contributed by atoms with Crippen molar-refractivity contribution in [2.45, 2.75) is 198 Å².